The van der Waals surface area contributed by atoms with E-state index in [1.807, 2.05) is 0 Å². The van der Waals surface area contributed by atoms with Crippen molar-refractivity contribution in [2.24, 2.45) is 22.1 Å². The molecule has 174 valence electrons. The van der Waals surface area contributed by atoms with Gasteiger partial charge in [0.2, 0.25) is 0 Å². The third kappa shape index (κ3) is 7.71. The van der Waals surface area contributed by atoms with E-state index in [4.69, 9.17) is 15.5 Å². The Labute approximate surface area is 189 Å². The molecule has 1 aromatic carbocycles. The lowest BCUT2D eigenvalue weighted by Gasteiger charge is -2.37. The van der Waals surface area contributed by atoms with Crippen molar-refractivity contribution in [3.63, 3.8) is 0 Å². The van der Waals surface area contributed by atoms with E-state index in [0.29, 0.717) is 12.6 Å². The van der Waals surface area contributed by atoms with Gasteiger partial charge in [-0.2, -0.15) is 0 Å². The number of nitrogens with one attached hydrogen (secondary N) is 1. The first kappa shape index (κ1) is 23.9. The van der Waals surface area contributed by atoms with Crippen molar-refractivity contribution in [1.82, 2.24) is 10.2 Å². The normalized spacial score (nSPS) is 21.2. The molecule has 0 amide bonds. The number of hydrogen-bond acceptors (Lipinski definition) is 3. The maximum Gasteiger partial charge on any atom is 0.199 e. The van der Waals surface area contributed by atoms with Crippen molar-refractivity contribution in [1.29, 1.82) is 0 Å². The van der Waals surface area contributed by atoms with E-state index in [2.05, 4.69) is 55.3 Å². The summed E-state index contributed by atoms with van der Waals surface area (Å²) in [5.74, 6) is 2.77. The smallest absolute Gasteiger partial charge is 0.199 e. The molecule has 5 heteroatoms. The third-order valence-corrected chi connectivity index (χ3v) is 6.94. The number of guanidine groups is 1. The van der Waals surface area contributed by atoms with E-state index >= 15 is 0 Å². The minimum atomic E-state index is 0.0375. The molecule has 0 aromatic heterocycles. The highest BCUT2D eigenvalue weighted by molar-refractivity contribution is 5.83. The van der Waals surface area contributed by atoms with Gasteiger partial charge in [-0.3, -0.25) is 0 Å². The van der Waals surface area contributed by atoms with E-state index < -0.39 is 0 Å². The maximum absolute atomic E-state index is 6.02. The predicted molar refractivity (Wildman–Crippen MR) is 131 cm³/mol. The number of piperidine rings is 1. The number of rotatable bonds is 8. The van der Waals surface area contributed by atoms with Crippen LogP contribution in [0.3, 0.4) is 0 Å². The average Bonchev–Trinajstić information content (AvgIpc) is 2.79. The van der Waals surface area contributed by atoms with Gasteiger partial charge in [-0.05, 0) is 74.8 Å². The van der Waals surface area contributed by atoms with Crippen LogP contribution in [0.1, 0.15) is 78.6 Å². The highest BCUT2D eigenvalue weighted by Crippen LogP contribution is 2.27. The van der Waals surface area contributed by atoms with Crippen LogP contribution in [0.25, 0.3) is 0 Å². The summed E-state index contributed by atoms with van der Waals surface area (Å²) in [5.41, 5.74) is 6.95. The Kier molecular flexibility index (Phi) is 9.06. The van der Waals surface area contributed by atoms with Crippen LogP contribution in [0.15, 0.2) is 29.3 Å². The summed E-state index contributed by atoms with van der Waals surface area (Å²) in [6.07, 6.45) is 11.9. The minimum Gasteiger partial charge on any atom is -0.494 e. The summed E-state index contributed by atoms with van der Waals surface area (Å²) in [6, 6.07) is 8.76. The molecule has 2 aliphatic rings. The Hall–Kier alpha value is -1.75. The standard InChI is InChI=1S/C26H44N4O/c1-21-9-7-8-17-30(21)25(28-20-26(2,3)19-27)29-23-12-14-24(15-13-23)31-18-16-22-10-5-4-6-11-22/h12-15,21-22H,4-11,16-20,27H2,1-3H3,(H,28,29). The van der Waals surface area contributed by atoms with Crippen LogP contribution in [0.2, 0.25) is 0 Å². The second kappa shape index (κ2) is 11.8. The van der Waals surface area contributed by atoms with Gasteiger partial charge in [-0.1, -0.05) is 46.0 Å². The maximum atomic E-state index is 6.02. The van der Waals surface area contributed by atoms with Crippen LogP contribution in [0.4, 0.5) is 5.69 Å². The van der Waals surface area contributed by atoms with Gasteiger partial charge < -0.3 is 20.7 Å². The molecule has 1 aliphatic carbocycles. The molecular weight excluding hydrogens is 384 g/mol. The Morgan fingerprint density at radius 1 is 1.10 bits per heavy atom. The van der Waals surface area contributed by atoms with Gasteiger partial charge >= 0.3 is 0 Å². The molecule has 0 radical (unpaired) electrons. The van der Waals surface area contributed by atoms with Crippen LogP contribution in [0, 0.1) is 11.3 Å². The summed E-state index contributed by atoms with van der Waals surface area (Å²) < 4.78 is 6.02. The number of aliphatic imine (C=N–C) groups is 1. The Balaban J connectivity index is 1.61. The molecule has 1 unspecified atom stereocenters. The topological polar surface area (TPSA) is 62.9 Å². The summed E-state index contributed by atoms with van der Waals surface area (Å²) in [4.78, 5) is 7.42. The number of nitrogens with zero attached hydrogens (tertiary/aromatic N) is 2. The number of ether oxygens (including phenoxy) is 1. The Morgan fingerprint density at radius 2 is 1.81 bits per heavy atom. The number of hydrogen-bond donors (Lipinski definition) is 2. The molecule has 1 aromatic rings. The highest BCUT2D eigenvalue weighted by Gasteiger charge is 2.24. The summed E-state index contributed by atoms with van der Waals surface area (Å²) in [6.45, 7) is 10.0. The zero-order valence-corrected chi connectivity index (χ0v) is 20.0. The number of benzene rings is 1. The van der Waals surface area contributed by atoms with Crippen LogP contribution in [-0.4, -0.2) is 43.1 Å². The molecule has 5 nitrogen and oxygen atoms in total. The average molecular weight is 429 g/mol. The molecule has 31 heavy (non-hydrogen) atoms. The van der Waals surface area contributed by atoms with Gasteiger partial charge in [-0.25, -0.2) is 4.99 Å². The molecule has 1 saturated heterocycles. The zero-order chi connectivity index (χ0) is 22.1. The molecule has 3 rings (SSSR count). The van der Waals surface area contributed by atoms with Gasteiger partial charge in [0.1, 0.15) is 5.75 Å². The Morgan fingerprint density at radius 3 is 2.48 bits per heavy atom. The van der Waals surface area contributed by atoms with Gasteiger partial charge in [0.15, 0.2) is 5.96 Å². The van der Waals surface area contributed by atoms with Crippen molar-refractivity contribution in [2.75, 3.05) is 26.2 Å². The van der Waals surface area contributed by atoms with E-state index in [9.17, 15) is 0 Å². The molecule has 1 aliphatic heterocycles. The quantitative estimate of drug-likeness (QED) is 0.425. The second-order valence-corrected chi connectivity index (χ2v) is 10.3. The van der Waals surface area contributed by atoms with Gasteiger partial charge in [0.25, 0.3) is 0 Å². The zero-order valence-electron chi connectivity index (χ0n) is 20.0. The predicted octanol–water partition coefficient (Wildman–Crippen LogP) is 5.47. The van der Waals surface area contributed by atoms with E-state index in [1.54, 1.807) is 0 Å². The van der Waals surface area contributed by atoms with Gasteiger partial charge in [-0.15, -0.1) is 0 Å². The van der Waals surface area contributed by atoms with Crippen molar-refractivity contribution >= 4 is 11.6 Å². The SMILES string of the molecule is CC1CCCCN1/C(=N\c1ccc(OCCC2CCCCC2)cc1)NCC(C)(C)CN. The molecular formula is C26H44N4O. The number of nitrogens with two attached hydrogens (primary N) is 1. The van der Waals surface area contributed by atoms with Crippen LogP contribution in [-0.2, 0) is 0 Å². The Bertz CT molecular complexity index is 679. The van der Waals surface area contributed by atoms with E-state index in [1.165, 1.54) is 57.8 Å². The molecule has 1 saturated carbocycles. The van der Waals surface area contributed by atoms with Crippen molar-refractivity contribution in [3.8, 4) is 5.75 Å². The lowest BCUT2D eigenvalue weighted by molar-refractivity contribution is 0.246. The molecule has 1 atom stereocenters. The second-order valence-electron chi connectivity index (χ2n) is 10.3. The molecule has 3 N–H and O–H groups in total. The van der Waals surface area contributed by atoms with Crippen molar-refractivity contribution < 1.29 is 4.74 Å². The molecule has 0 bridgehead atoms. The summed E-state index contributed by atoms with van der Waals surface area (Å²) in [5, 5.41) is 3.61. The van der Waals surface area contributed by atoms with E-state index in [-0.39, 0.29) is 5.41 Å². The molecule has 0 spiro atoms. The summed E-state index contributed by atoms with van der Waals surface area (Å²) >= 11 is 0. The lowest BCUT2D eigenvalue weighted by atomic mass is 9.87. The van der Waals surface area contributed by atoms with Crippen molar-refractivity contribution in [3.05, 3.63) is 24.3 Å². The number of likely N-dealkylation sites (tertiary alicyclic amines) is 1. The van der Waals surface area contributed by atoms with Crippen LogP contribution >= 0.6 is 0 Å². The van der Waals surface area contributed by atoms with E-state index in [0.717, 1.165) is 43.0 Å². The van der Waals surface area contributed by atoms with Gasteiger partial charge in [0.05, 0.1) is 12.3 Å². The van der Waals surface area contributed by atoms with Crippen molar-refractivity contribution in [2.45, 2.75) is 84.6 Å². The van der Waals surface area contributed by atoms with Gasteiger partial charge in [0, 0.05) is 19.1 Å². The van der Waals surface area contributed by atoms with Crippen LogP contribution < -0.4 is 15.8 Å². The fraction of sp³-hybridized carbons (Fsp3) is 0.731. The summed E-state index contributed by atoms with van der Waals surface area (Å²) in [7, 11) is 0. The highest BCUT2D eigenvalue weighted by atomic mass is 16.5. The first-order chi connectivity index (χ1) is 15.0. The fourth-order valence-corrected chi connectivity index (χ4v) is 4.57. The fourth-order valence-electron chi connectivity index (χ4n) is 4.57. The third-order valence-electron chi connectivity index (χ3n) is 6.94. The lowest BCUT2D eigenvalue weighted by Crippen LogP contribution is -2.51. The first-order valence-electron chi connectivity index (χ1n) is 12.5. The minimum absolute atomic E-state index is 0.0375. The molecule has 2 fully saturated rings. The monoisotopic (exact) mass is 428 g/mol. The largest absolute Gasteiger partial charge is 0.494 e. The molecule has 1 heterocycles. The van der Waals surface area contributed by atoms with Crippen LogP contribution in [0.5, 0.6) is 5.75 Å². The first-order valence-corrected chi connectivity index (χ1v) is 12.5.